The Hall–Kier alpha value is -2.67. The zero-order valence-corrected chi connectivity index (χ0v) is 18.3. The number of nitrogens with zero attached hydrogens (tertiary/aromatic N) is 2. The highest BCUT2D eigenvalue weighted by Crippen LogP contribution is 2.37. The van der Waals surface area contributed by atoms with E-state index in [0.717, 1.165) is 45.0 Å². The first-order valence-electron chi connectivity index (χ1n) is 10.9. The van der Waals surface area contributed by atoms with E-state index in [-0.39, 0.29) is 11.9 Å². The lowest BCUT2D eigenvalue weighted by molar-refractivity contribution is -0.117. The highest BCUT2D eigenvalue weighted by Gasteiger charge is 2.30. The van der Waals surface area contributed by atoms with E-state index in [9.17, 15) is 4.79 Å². The maximum Gasteiger partial charge on any atom is 0.238 e. The number of carbonyl (C=O) groups excluding carboxylic acids is 1. The number of anilines is 2. The molecule has 0 bridgehead atoms. The number of rotatable bonds is 5. The fraction of sp³-hybridized carbons (Fsp3) is 0.320. The van der Waals surface area contributed by atoms with Gasteiger partial charge in [0.05, 0.1) is 25.8 Å². The van der Waals surface area contributed by atoms with Crippen molar-refractivity contribution in [3.63, 3.8) is 0 Å². The lowest BCUT2D eigenvalue weighted by Crippen LogP contribution is -2.40. The van der Waals surface area contributed by atoms with Crippen molar-refractivity contribution < 1.29 is 9.53 Å². The molecule has 2 aliphatic rings. The molecule has 0 radical (unpaired) electrons. The molecule has 3 aromatic rings. The summed E-state index contributed by atoms with van der Waals surface area (Å²) in [5.74, 6) is 0.0266. The molecule has 0 aliphatic carbocycles. The zero-order chi connectivity index (χ0) is 21.0. The van der Waals surface area contributed by atoms with Crippen molar-refractivity contribution >= 4 is 28.6 Å². The van der Waals surface area contributed by atoms with Crippen LogP contribution in [0.2, 0.25) is 0 Å². The van der Waals surface area contributed by atoms with Crippen LogP contribution < -0.4 is 10.2 Å². The van der Waals surface area contributed by atoms with Gasteiger partial charge < -0.3 is 15.0 Å². The molecule has 31 heavy (non-hydrogen) atoms. The Balaban J connectivity index is 1.27. The van der Waals surface area contributed by atoms with Crippen molar-refractivity contribution in [1.82, 2.24) is 4.90 Å². The van der Waals surface area contributed by atoms with Gasteiger partial charge in [-0.05, 0) is 53.3 Å². The van der Waals surface area contributed by atoms with Crippen LogP contribution in [0.25, 0.3) is 0 Å². The van der Waals surface area contributed by atoms with E-state index in [1.54, 1.807) is 0 Å². The number of hydrogen-bond donors (Lipinski definition) is 1. The molecule has 1 amide bonds. The number of morpholine rings is 1. The molecule has 5 nitrogen and oxygen atoms in total. The molecule has 1 atom stereocenters. The van der Waals surface area contributed by atoms with Crippen LogP contribution in [-0.4, -0.2) is 50.2 Å². The van der Waals surface area contributed by atoms with Crippen molar-refractivity contribution in [2.75, 3.05) is 49.6 Å². The first-order chi connectivity index (χ1) is 15.3. The fourth-order valence-corrected chi connectivity index (χ4v) is 5.43. The molecule has 0 unspecified atom stereocenters. The van der Waals surface area contributed by atoms with Gasteiger partial charge in [-0.15, -0.1) is 11.3 Å². The molecular weight excluding hydrogens is 406 g/mol. The molecule has 1 fully saturated rings. The summed E-state index contributed by atoms with van der Waals surface area (Å²) in [6, 6.07) is 21.0. The summed E-state index contributed by atoms with van der Waals surface area (Å²) in [7, 11) is 0. The Bertz CT molecular complexity index is 1010. The maximum atomic E-state index is 12.9. The van der Waals surface area contributed by atoms with E-state index in [4.69, 9.17) is 4.74 Å². The van der Waals surface area contributed by atoms with Gasteiger partial charge >= 0.3 is 0 Å². The van der Waals surface area contributed by atoms with Gasteiger partial charge in [-0.25, -0.2) is 0 Å². The van der Waals surface area contributed by atoms with Crippen molar-refractivity contribution in [2.45, 2.75) is 12.5 Å². The Morgan fingerprint density at radius 1 is 1.00 bits per heavy atom. The van der Waals surface area contributed by atoms with Crippen LogP contribution in [-0.2, 0) is 16.0 Å². The van der Waals surface area contributed by atoms with Crippen molar-refractivity contribution in [2.24, 2.45) is 0 Å². The number of ether oxygens (including phenoxy) is 1. The number of thiophene rings is 1. The number of benzene rings is 2. The van der Waals surface area contributed by atoms with E-state index >= 15 is 0 Å². The Kier molecular flexibility index (Phi) is 6.02. The smallest absolute Gasteiger partial charge is 0.238 e. The lowest BCUT2D eigenvalue weighted by Gasteiger charge is -2.35. The second-order valence-electron chi connectivity index (χ2n) is 8.03. The normalized spacial score (nSPS) is 19.1. The van der Waals surface area contributed by atoms with Crippen LogP contribution in [0.3, 0.4) is 0 Å². The van der Waals surface area contributed by atoms with Crippen LogP contribution in [0.15, 0.2) is 66.0 Å². The van der Waals surface area contributed by atoms with E-state index in [0.29, 0.717) is 6.54 Å². The van der Waals surface area contributed by atoms with Gasteiger partial charge in [-0.1, -0.05) is 30.3 Å². The second-order valence-corrected chi connectivity index (χ2v) is 9.03. The van der Waals surface area contributed by atoms with Gasteiger partial charge in [0, 0.05) is 35.9 Å². The molecule has 2 aliphatic heterocycles. The lowest BCUT2D eigenvalue weighted by atomic mass is 9.93. The second kappa shape index (κ2) is 9.22. The highest BCUT2D eigenvalue weighted by atomic mass is 32.1. The van der Waals surface area contributed by atoms with E-state index in [1.807, 2.05) is 29.5 Å². The fourth-order valence-electron chi connectivity index (χ4n) is 4.53. The molecule has 1 N–H and O–H groups in total. The minimum absolute atomic E-state index is 0.0266. The average Bonchev–Trinajstić information content (AvgIpc) is 3.29. The van der Waals surface area contributed by atoms with Gasteiger partial charge in [-0.2, -0.15) is 0 Å². The third kappa shape index (κ3) is 4.51. The number of amides is 1. The molecule has 0 saturated carbocycles. The van der Waals surface area contributed by atoms with Crippen LogP contribution in [0.5, 0.6) is 0 Å². The van der Waals surface area contributed by atoms with Crippen LogP contribution in [0, 0.1) is 0 Å². The quantitative estimate of drug-likeness (QED) is 0.656. The number of carbonyl (C=O) groups is 1. The van der Waals surface area contributed by atoms with Gasteiger partial charge in [-0.3, -0.25) is 9.69 Å². The van der Waals surface area contributed by atoms with E-state index in [2.05, 4.69) is 63.0 Å². The van der Waals surface area contributed by atoms with Crippen molar-refractivity contribution in [3.05, 3.63) is 82.0 Å². The summed E-state index contributed by atoms with van der Waals surface area (Å²) < 4.78 is 5.42. The summed E-state index contributed by atoms with van der Waals surface area (Å²) >= 11 is 1.82. The molecule has 3 heterocycles. The molecule has 6 heteroatoms. The van der Waals surface area contributed by atoms with Crippen LogP contribution >= 0.6 is 11.3 Å². The first kappa shape index (κ1) is 20.2. The highest BCUT2D eigenvalue weighted by molar-refractivity contribution is 7.10. The Morgan fingerprint density at radius 2 is 1.77 bits per heavy atom. The monoisotopic (exact) mass is 433 g/mol. The third-order valence-corrected chi connectivity index (χ3v) is 7.05. The molecule has 2 aromatic carbocycles. The molecule has 5 rings (SSSR count). The third-order valence-electron chi connectivity index (χ3n) is 6.05. The Morgan fingerprint density at radius 3 is 2.55 bits per heavy atom. The average molecular weight is 434 g/mol. The predicted molar refractivity (Wildman–Crippen MR) is 126 cm³/mol. The van der Waals surface area contributed by atoms with Gasteiger partial charge in [0.15, 0.2) is 0 Å². The maximum absolute atomic E-state index is 12.9. The first-order valence-corrected chi connectivity index (χ1v) is 11.7. The zero-order valence-electron chi connectivity index (χ0n) is 17.5. The summed E-state index contributed by atoms with van der Waals surface area (Å²) in [6.07, 6.45) is 0.998. The van der Waals surface area contributed by atoms with Crippen molar-refractivity contribution in [3.8, 4) is 0 Å². The molecule has 160 valence electrons. The minimum atomic E-state index is 0.0266. The van der Waals surface area contributed by atoms with E-state index in [1.165, 1.54) is 21.7 Å². The van der Waals surface area contributed by atoms with Crippen LogP contribution in [0.1, 0.15) is 22.0 Å². The molecule has 1 aromatic heterocycles. The molecule has 0 spiro atoms. The molecular formula is C25H27N3O2S. The topological polar surface area (TPSA) is 44.8 Å². The van der Waals surface area contributed by atoms with Gasteiger partial charge in [0.1, 0.15) is 0 Å². The SMILES string of the molecule is O=C(CN1CCc2sccc2[C@H]1c1ccccc1)Nc1ccc(N2CCOCC2)cc1. The standard InChI is InChI=1S/C25H27N3O2S/c29-24(26-20-6-8-21(9-7-20)27-13-15-30-16-14-27)18-28-12-10-23-22(11-17-31-23)25(28)19-4-2-1-3-5-19/h1-9,11,17,25H,10,12-16,18H2,(H,26,29)/t25-/m1/s1. The van der Waals surface area contributed by atoms with E-state index < -0.39 is 0 Å². The number of fused-ring (bicyclic) bond motifs is 1. The summed E-state index contributed by atoms with van der Waals surface area (Å²) in [5.41, 5.74) is 4.59. The number of hydrogen-bond acceptors (Lipinski definition) is 5. The largest absolute Gasteiger partial charge is 0.378 e. The number of nitrogens with one attached hydrogen (secondary N) is 1. The van der Waals surface area contributed by atoms with Gasteiger partial charge in [0.25, 0.3) is 0 Å². The van der Waals surface area contributed by atoms with Gasteiger partial charge in [0.2, 0.25) is 5.91 Å². The summed E-state index contributed by atoms with van der Waals surface area (Å²) in [4.78, 5) is 19.0. The minimum Gasteiger partial charge on any atom is -0.378 e. The Labute approximate surface area is 187 Å². The van der Waals surface area contributed by atoms with Crippen LogP contribution in [0.4, 0.5) is 11.4 Å². The molecule has 1 saturated heterocycles. The summed E-state index contributed by atoms with van der Waals surface area (Å²) in [6.45, 7) is 4.61. The summed E-state index contributed by atoms with van der Waals surface area (Å²) in [5, 5.41) is 5.25. The predicted octanol–water partition coefficient (Wildman–Crippen LogP) is 4.17. The van der Waals surface area contributed by atoms with Crippen molar-refractivity contribution in [1.29, 1.82) is 0 Å².